The molecule has 0 spiro atoms. The number of nitrogens with zero attached hydrogens (tertiary/aromatic N) is 3. The molecule has 0 saturated carbocycles. The fourth-order valence-electron chi connectivity index (χ4n) is 0.866. The maximum Gasteiger partial charge on any atom is 0.250 e. The zero-order valence-electron chi connectivity index (χ0n) is 9.31. The van der Waals surface area contributed by atoms with Gasteiger partial charge in [0.05, 0.1) is 12.0 Å². The van der Waals surface area contributed by atoms with Crippen molar-refractivity contribution in [3.05, 3.63) is 6.07 Å². The van der Waals surface area contributed by atoms with Crippen LogP contribution in [0.1, 0.15) is 0 Å². The molecule has 7 nitrogen and oxygen atoms in total. The van der Waals surface area contributed by atoms with E-state index < -0.39 is 9.70 Å². The lowest BCUT2D eigenvalue weighted by atomic mass is 10.5. The summed E-state index contributed by atoms with van der Waals surface area (Å²) in [6.45, 7) is 0. The molecule has 0 fully saturated rings. The first-order valence-corrected chi connectivity index (χ1v) is 6.81. The van der Waals surface area contributed by atoms with Gasteiger partial charge in [-0.05, 0) is 0 Å². The van der Waals surface area contributed by atoms with Crippen LogP contribution >= 0.6 is 46.6 Å². The summed E-state index contributed by atoms with van der Waals surface area (Å²) >= 11 is 17.3. The van der Waals surface area contributed by atoms with Gasteiger partial charge in [0, 0.05) is 6.07 Å². The van der Waals surface area contributed by atoms with E-state index in [1.165, 1.54) is 6.07 Å². The number of hydrogen-bond acceptors (Lipinski definition) is 7. The quantitative estimate of drug-likeness (QED) is 0.248. The Morgan fingerprint density at radius 3 is 2.53 bits per heavy atom. The third-order valence-electron chi connectivity index (χ3n) is 1.48. The molecule has 0 bridgehead atoms. The molecule has 0 aliphatic carbocycles. The number of nitrogens with one attached hydrogen (secondary N) is 1. The Morgan fingerprint density at radius 2 is 2.00 bits per heavy atom. The second-order valence-corrected chi connectivity index (χ2v) is 6.44. The normalized spacial score (nSPS) is 11.7. The van der Waals surface area contributed by atoms with Crippen LogP contribution in [0.3, 0.4) is 0 Å². The second kappa shape index (κ2) is 6.99. The first-order valence-electron chi connectivity index (χ1n) is 4.69. The molecule has 0 aliphatic rings. The molecule has 5 N–H and O–H groups in total. The Kier molecular flexibility index (Phi) is 5.92. The summed E-state index contributed by atoms with van der Waals surface area (Å²) in [4.78, 5) is 19.2. The summed E-state index contributed by atoms with van der Waals surface area (Å²) in [7, 11) is 0. The van der Waals surface area contributed by atoms with Crippen molar-refractivity contribution in [2.45, 2.75) is 8.95 Å². The number of nitrogens with two attached hydrogens (primary N) is 2. The van der Waals surface area contributed by atoms with E-state index in [9.17, 15) is 4.79 Å². The number of halogens is 3. The standard InChI is InChI=1S/C8H9Cl3N6OS/c9-8(10,11)3-14-17-6(18)2-19-7-15-4(12)1-5(13)16-7/h1,3H,2H2,(H,17,18)(H4,12,13,15,16)/b14-3-. The lowest BCUT2D eigenvalue weighted by Gasteiger charge is -2.03. The van der Waals surface area contributed by atoms with Gasteiger partial charge in [-0.3, -0.25) is 4.79 Å². The molecule has 0 saturated heterocycles. The Labute approximate surface area is 128 Å². The number of rotatable bonds is 4. The van der Waals surface area contributed by atoms with Crippen LogP contribution in [-0.4, -0.2) is 31.6 Å². The maximum absolute atomic E-state index is 11.4. The molecule has 1 rings (SSSR count). The predicted molar refractivity (Wildman–Crippen MR) is 78.5 cm³/mol. The van der Waals surface area contributed by atoms with Gasteiger partial charge in [-0.15, -0.1) is 0 Å². The van der Waals surface area contributed by atoms with E-state index in [4.69, 9.17) is 46.3 Å². The summed E-state index contributed by atoms with van der Waals surface area (Å²) < 4.78 is -1.66. The molecule has 0 atom stereocenters. The second-order valence-electron chi connectivity index (χ2n) is 3.12. The van der Waals surface area contributed by atoms with Crippen LogP contribution in [0, 0.1) is 0 Å². The van der Waals surface area contributed by atoms with Gasteiger partial charge in [0.2, 0.25) is 3.79 Å². The first kappa shape index (κ1) is 16.1. The fraction of sp³-hybridized carbons (Fsp3) is 0.250. The van der Waals surface area contributed by atoms with Crippen molar-refractivity contribution in [2.75, 3.05) is 17.2 Å². The van der Waals surface area contributed by atoms with Gasteiger partial charge in [0.15, 0.2) is 5.16 Å². The average Bonchev–Trinajstić information content (AvgIpc) is 2.23. The number of alkyl halides is 3. The van der Waals surface area contributed by atoms with E-state index in [1.807, 2.05) is 0 Å². The predicted octanol–water partition coefficient (Wildman–Crippen LogP) is 1.21. The van der Waals surface area contributed by atoms with E-state index in [2.05, 4.69) is 20.5 Å². The SMILES string of the molecule is Nc1cc(N)nc(SCC(=O)N/N=C\C(Cl)(Cl)Cl)n1. The molecular weight excluding hydrogens is 335 g/mol. The largest absolute Gasteiger partial charge is 0.383 e. The number of hydrazone groups is 1. The molecular formula is C8H9Cl3N6OS. The van der Waals surface area contributed by atoms with Crippen LogP contribution in [-0.2, 0) is 4.79 Å². The van der Waals surface area contributed by atoms with Crippen molar-refractivity contribution >= 4 is 70.3 Å². The summed E-state index contributed by atoms with van der Waals surface area (Å²) in [5.74, 6) is 0.0504. The van der Waals surface area contributed by atoms with Crippen molar-refractivity contribution in [1.82, 2.24) is 15.4 Å². The number of anilines is 2. The number of hydrogen-bond donors (Lipinski definition) is 3. The Balaban J connectivity index is 2.44. The number of carbonyl (C=O) groups excluding carboxylic acids is 1. The van der Waals surface area contributed by atoms with Crippen LogP contribution in [0.2, 0.25) is 0 Å². The molecule has 0 radical (unpaired) electrons. The summed E-state index contributed by atoms with van der Waals surface area (Å²) in [6.07, 6.45) is 0.967. The lowest BCUT2D eigenvalue weighted by Crippen LogP contribution is -2.21. The third-order valence-corrected chi connectivity index (χ3v) is 2.62. The van der Waals surface area contributed by atoms with Gasteiger partial charge >= 0.3 is 0 Å². The number of nitrogen functional groups attached to an aromatic ring is 2. The van der Waals surface area contributed by atoms with Crippen molar-refractivity contribution in [2.24, 2.45) is 5.10 Å². The van der Waals surface area contributed by atoms with Crippen molar-refractivity contribution < 1.29 is 4.79 Å². The monoisotopic (exact) mass is 342 g/mol. The van der Waals surface area contributed by atoms with E-state index in [-0.39, 0.29) is 22.5 Å². The van der Waals surface area contributed by atoms with E-state index in [0.29, 0.717) is 0 Å². The number of amides is 1. The van der Waals surface area contributed by atoms with E-state index >= 15 is 0 Å². The van der Waals surface area contributed by atoms with Crippen LogP contribution in [0.4, 0.5) is 11.6 Å². The fourth-order valence-corrected chi connectivity index (χ4v) is 1.68. The Bertz CT molecular complexity index is 472. The zero-order valence-corrected chi connectivity index (χ0v) is 12.4. The summed E-state index contributed by atoms with van der Waals surface area (Å²) in [5.41, 5.74) is 13.1. The van der Waals surface area contributed by atoms with Gasteiger partial charge in [0.25, 0.3) is 5.91 Å². The molecule has 0 aromatic carbocycles. The van der Waals surface area contributed by atoms with Crippen molar-refractivity contribution in [1.29, 1.82) is 0 Å². The zero-order chi connectivity index (χ0) is 14.5. The molecule has 0 aliphatic heterocycles. The van der Waals surface area contributed by atoms with Crippen LogP contribution in [0.25, 0.3) is 0 Å². The lowest BCUT2D eigenvalue weighted by molar-refractivity contribution is -0.118. The molecule has 1 amide bonds. The van der Waals surface area contributed by atoms with Crippen LogP contribution in [0.5, 0.6) is 0 Å². The number of aromatic nitrogens is 2. The highest BCUT2D eigenvalue weighted by atomic mass is 35.6. The van der Waals surface area contributed by atoms with E-state index in [0.717, 1.165) is 18.0 Å². The Morgan fingerprint density at radius 1 is 1.42 bits per heavy atom. The topological polar surface area (TPSA) is 119 Å². The molecule has 11 heteroatoms. The van der Waals surface area contributed by atoms with E-state index in [1.54, 1.807) is 0 Å². The van der Waals surface area contributed by atoms with Gasteiger partial charge in [-0.1, -0.05) is 46.6 Å². The molecule has 104 valence electrons. The van der Waals surface area contributed by atoms with Gasteiger partial charge < -0.3 is 11.5 Å². The van der Waals surface area contributed by atoms with Crippen LogP contribution < -0.4 is 16.9 Å². The molecule has 1 heterocycles. The van der Waals surface area contributed by atoms with Crippen molar-refractivity contribution in [3.8, 4) is 0 Å². The number of carbonyl (C=O) groups is 1. The first-order chi connectivity index (χ1) is 8.76. The molecule has 0 unspecified atom stereocenters. The summed E-state index contributed by atoms with van der Waals surface area (Å²) in [6, 6.07) is 1.41. The minimum Gasteiger partial charge on any atom is -0.383 e. The Hall–Kier alpha value is -0.960. The van der Waals surface area contributed by atoms with Gasteiger partial charge in [-0.2, -0.15) is 5.10 Å². The average molecular weight is 344 g/mol. The minimum atomic E-state index is -1.66. The van der Waals surface area contributed by atoms with Gasteiger partial charge in [0.1, 0.15) is 11.6 Å². The molecule has 1 aromatic rings. The molecule has 19 heavy (non-hydrogen) atoms. The van der Waals surface area contributed by atoms with Gasteiger partial charge in [-0.25, -0.2) is 15.4 Å². The smallest absolute Gasteiger partial charge is 0.250 e. The third kappa shape index (κ3) is 7.26. The van der Waals surface area contributed by atoms with Crippen LogP contribution in [0.15, 0.2) is 16.3 Å². The maximum atomic E-state index is 11.4. The minimum absolute atomic E-state index is 0.0140. The number of thioether (sulfide) groups is 1. The van der Waals surface area contributed by atoms with Crippen molar-refractivity contribution in [3.63, 3.8) is 0 Å². The molecule has 1 aromatic heterocycles. The highest BCUT2D eigenvalue weighted by Gasteiger charge is 2.15. The summed E-state index contributed by atoms with van der Waals surface area (Å²) in [5, 5.41) is 3.76. The highest BCUT2D eigenvalue weighted by Crippen LogP contribution is 2.22. The highest BCUT2D eigenvalue weighted by molar-refractivity contribution is 7.99.